The fourth-order valence-electron chi connectivity index (χ4n) is 0.617. The number of aliphatic imine (C=N–C) groups is 1. The molecule has 0 saturated heterocycles. The van der Waals surface area contributed by atoms with Gasteiger partial charge in [-0.3, -0.25) is 9.79 Å². The predicted molar refractivity (Wildman–Crippen MR) is 38.3 cm³/mol. The van der Waals surface area contributed by atoms with Crippen molar-refractivity contribution in [2.24, 2.45) is 4.99 Å². The minimum absolute atomic E-state index is 0.131. The largest absolute Gasteiger partial charge is 0.493 e. The van der Waals surface area contributed by atoms with Crippen LogP contribution in [0.5, 0.6) is 0 Å². The van der Waals surface area contributed by atoms with E-state index in [1.807, 2.05) is 0 Å². The SMILES string of the molecule is COC1=C(Cl)C(=O)CN=C1. The monoisotopic (exact) mass is 159 g/mol. The van der Waals surface area contributed by atoms with Crippen molar-refractivity contribution in [1.29, 1.82) is 0 Å². The Kier molecular flexibility index (Phi) is 2.06. The third kappa shape index (κ3) is 1.19. The lowest BCUT2D eigenvalue weighted by Crippen LogP contribution is -2.11. The fraction of sp³-hybridized carbons (Fsp3) is 0.333. The van der Waals surface area contributed by atoms with Crippen LogP contribution in [-0.4, -0.2) is 25.7 Å². The van der Waals surface area contributed by atoms with Crippen LogP contribution in [0.2, 0.25) is 0 Å². The van der Waals surface area contributed by atoms with Gasteiger partial charge in [-0.2, -0.15) is 0 Å². The van der Waals surface area contributed by atoms with Gasteiger partial charge in [0.1, 0.15) is 11.6 Å². The van der Waals surface area contributed by atoms with Crippen LogP contribution in [0.3, 0.4) is 0 Å². The number of rotatable bonds is 1. The quantitative estimate of drug-likeness (QED) is 0.566. The average Bonchev–Trinajstić information content (AvgIpc) is 1.95. The number of allylic oxidation sites excluding steroid dienone is 1. The van der Waals surface area contributed by atoms with Crippen LogP contribution in [0, 0.1) is 0 Å². The molecule has 0 unspecified atom stereocenters. The molecule has 0 saturated carbocycles. The molecule has 0 bridgehead atoms. The second-order valence-corrected chi connectivity index (χ2v) is 2.15. The number of nitrogens with zero attached hydrogens (tertiary/aromatic N) is 1. The molecule has 0 atom stereocenters. The molecule has 1 aliphatic rings. The second-order valence-electron chi connectivity index (χ2n) is 1.78. The zero-order valence-corrected chi connectivity index (χ0v) is 6.18. The Balaban J connectivity index is 2.93. The summed E-state index contributed by atoms with van der Waals surface area (Å²) in [4.78, 5) is 14.5. The minimum Gasteiger partial charge on any atom is -0.493 e. The maximum Gasteiger partial charge on any atom is 0.199 e. The maximum absolute atomic E-state index is 10.8. The van der Waals surface area contributed by atoms with Gasteiger partial charge < -0.3 is 4.74 Å². The van der Waals surface area contributed by atoms with Crippen molar-refractivity contribution in [1.82, 2.24) is 0 Å². The number of carbonyl (C=O) groups excluding carboxylic acids is 1. The lowest BCUT2D eigenvalue weighted by atomic mass is 10.3. The number of hydrogen-bond donors (Lipinski definition) is 0. The smallest absolute Gasteiger partial charge is 0.199 e. The molecule has 0 aromatic rings. The Morgan fingerprint density at radius 2 is 2.50 bits per heavy atom. The first-order valence-electron chi connectivity index (χ1n) is 2.72. The molecule has 0 spiro atoms. The van der Waals surface area contributed by atoms with Crippen LogP contribution in [0.4, 0.5) is 0 Å². The molecule has 0 aliphatic carbocycles. The fourth-order valence-corrected chi connectivity index (χ4v) is 0.803. The van der Waals surface area contributed by atoms with E-state index in [9.17, 15) is 4.79 Å². The number of ketones is 1. The first-order valence-corrected chi connectivity index (χ1v) is 3.10. The number of hydrogen-bond acceptors (Lipinski definition) is 3. The Morgan fingerprint density at radius 1 is 1.80 bits per heavy atom. The molecule has 1 rings (SSSR count). The molecule has 0 aromatic carbocycles. The van der Waals surface area contributed by atoms with E-state index < -0.39 is 0 Å². The van der Waals surface area contributed by atoms with Gasteiger partial charge >= 0.3 is 0 Å². The predicted octanol–water partition coefficient (Wildman–Crippen LogP) is 0.737. The molecule has 10 heavy (non-hydrogen) atoms. The number of halogens is 1. The number of carbonyl (C=O) groups is 1. The van der Waals surface area contributed by atoms with Crippen LogP contribution in [0.1, 0.15) is 0 Å². The zero-order valence-electron chi connectivity index (χ0n) is 5.43. The van der Waals surface area contributed by atoms with E-state index >= 15 is 0 Å². The summed E-state index contributed by atoms with van der Waals surface area (Å²) in [7, 11) is 1.45. The molecule has 4 heteroatoms. The molecule has 0 fully saturated rings. The summed E-state index contributed by atoms with van der Waals surface area (Å²) < 4.78 is 4.75. The Hall–Kier alpha value is -0.830. The van der Waals surface area contributed by atoms with E-state index in [1.54, 1.807) is 0 Å². The standard InChI is InChI=1S/C6H6ClNO2/c1-10-5-3-8-2-4(9)6(5)7/h3H,2H2,1H3. The van der Waals surface area contributed by atoms with E-state index in [-0.39, 0.29) is 17.4 Å². The Bertz CT molecular complexity index is 220. The van der Waals surface area contributed by atoms with Gasteiger partial charge in [-0.25, -0.2) is 0 Å². The first-order chi connectivity index (χ1) is 4.75. The normalized spacial score (nSPS) is 18.0. The summed E-state index contributed by atoms with van der Waals surface area (Å²) in [6.07, 6.45) is 1.45. The highest BCUT2D eigenvalue weighted by Gasteiger charge is 2.15. The van der Waals surface area contributed by atoms with E-state index in [4.69, 9.17) is 16.3 Å². The lowest BCUT2D eigenvalue weighted by molar-refractivity contribution is -0.113. The Labute approximate surface area is 63.3 Å². The van der Waals surface area contributed by atoms with Gasteiger partial charge in [0, 0.05) is 0 Å². The van der Waals surface area contributed by atoms with Gasteiger partial charge in [0.15, 0.2) is 11.5 Å². The molecule has 54 valence electrons. The second kappa shape index (κ2) is 2.84. The summed E-state index contributed by atoms with van der Waals surface area (Å²) in [5.74, 6) is 0.152. The average molecular weight is 160 g/mol. The van der Waals surface area contributed by atoms with Gasteiger partial charge in [0.2, 0.25) is 0 Å². The molecule has 0 aromatic heterocycles. The first kappa shape index (κ1) is 7.28. The third-order valence-corrected chi connectivity index (χ3v) is 1.52. The van der Waals surface area contributed by atoms with Crippen molar-refractivity contribution in [3.05, 3.63) is 10.8 Å². The van der Waals surface area contributed by atoms with Crippen LogP contribution in [0.15, 0.2) is 15.8 Å². The summed E-state index contributed by atoms with van der Waals surface area (Å²) >= 11 is 5.55. The summed E-state index contributed by atoms with van der Waals surface area (Å²) in [5, 5.41) is 0.137. The number of methoxy groups -OCH3 is 1. The van der Waals surface area contributed by atoms with Crippen LogP contribution >= 0.6 is 11.6 Å². The highest BCUT2D eigenvalue weighted by atomic mass is 35.5. The van der Waals surface area contributed by atoms with Crippen molar-refractivity contribution in [3.8, 4) is 0 Å². The molecule has 3 nitrogen and oxygen atoms in total. The number of dihydropyridines is 1. The lowest BCUT2D eigenvalue weighted by Gasteiger charge is -2.06. The van der Waals surface area contributed by atoms with Crippen molar-refractivity contribution in [3.63, 3.8) is 0 Å². The summed E-state index contributed by atoms with van der Waals surface area (Å²) in [6, 6.07) is 0. The summed E-state index contributed by atoms with van der Waals surface area (Å²) in [5.41, 5.74) is 0. The van der Waals surface area contributed by atoms with Gasteiger partial charge in [-0.15, -0.1) is 0 Å². The van der Waals surface area contributed by atoms with Crippen molar-refractivity contribution >= 4 is 23.6 Å². The van der Waals surface area contributed by atoms with Gasteiger partial charge in [-0.1, -0.05) is 11.6 Å². The van der Waals surface area contributed by atoms with Crippen molar-refractivity contribution < 1.29 is 9.53 Å². The highest BCUT2D eigenvalue weighted by Crippen LogP contribution is 2.13. The van der Waals surface area contributed by atoms with E-state index in [2.05, 4.69) is 4.99 Å². The highest BCUT2D eigenvalue weighted by molar-refractivity contribution is 6.44. The van der Waals surface area contributed by atoms with Crippen LogP contribution in [-0.2, 0) is 9.53 Å². The van der Waals surface area contributed by atoms with E-state index in [1.165, 1.54) is 13.3 Å². The molecular formula is C6H6ClNO2. The zero-order chi connectivity index (χ0) is 7.56. The molecule has 1 aliphatic heterocycles. The van der Waals surface area contributed by atoms with E-state index in [0.29, 0.717) is 5.76 Å². The number of Topliss-reactive ketones (excluding diaryl/α,β-unsaturated/α-hetero) is 1. The molecule has 1 heterocycles. The third-order valence-electron chi connectivity index (χ3n) is 1.12. The topological polar surface area (TPSA) is 38.7 Å². The molecular weight excluding hydrogens is 154 g/mol. The van der Waals surface area contributed by atoms with Gasteiger partial charge in [0.05, 0.1) is 13.3 Å². The van der Waals surface area contributed by atoms with Crippen molar-refractivity contribution in [2.45, 2.75) is 0 Å². The van der Waals surface area contributed by atoms with Gasteiger partial charge in [-0.05, 0) is 0 Å². The molecule has 0 N–H and O–H groups in total. The summed E-state index contributed by atoms with van der Waals surface area (Å²) in [6.45, 7) is 0.131. The molecule has 0 radical (unpaired) electrons. The minimum atomic E-state index is -0.194. The van der Waals surface area contributed by atoms with Crippen LogP contribution in [0.25, 0.3) is 0 Å². The van der Waals surface area contributed by atoms with Crippen LogP contribution < -0.4 is 0 Å². The Morgan fingerprint density at radius 3 is 3.00 bits per heavy atom. The number of ether oxygens (including phenoxy) is 1. The molecule has 0 amide bonds. The van der Waals surface area contributed by atoms with E-state index in [0.717, 1.165) is 0 Å². The maximum atomic E-state index is 10.8. The van der Waals surface area contributed by atoms with Crippen molar-refractivity contribution in [2.75, 3.05) is 13.7 Å². The van der Waals surface area contributed by atoms with Gasteiger partial charge in [0.25, 0.3) is 0 Å².